The predicted molar refractivity (Wildman–Crippen MR) is 91.0 cm³/mol. The highest BCUT2D eigenvalue weighted by molar-refractivity contribution is 7.98. The molecule has 0 fully saturated rings. The third-order valence-electron chi connectivity index (χ3n) is 3.90. The van der Waals surface area contributed by atoms with Crippen LogP contribution in [0.15, 0.2) is 47.4 Å². The fraction of sp³-hybridized carbons (Fsp3) is 0.333. The van der Waals surface area contributed by atoms with Crippen LogP contribution in [0, 0.1) is 0 Å². The molecule has 116 valence electrons. The van der Waals surface area contributed by atoms with Gasteiger partial charge in [0.15, 0.2) is 11.5 Å². The largest absolute Gasteiger partial charge is 0.493 e. The molecule has 0 radical (unpaired) electrons. The summed E-state index contributed by atoms with van der Waals surface area (Å²) in [5.74, 6) is 1.72. The molecule has 1 N–H and O–H groups in total. The molecular weight excluding hydrogens is 294 g/mol. The van der Waals surface area contributed by atoms with E-state index < -0.39 is 0 Å². The Morgan fingerprint density at radius 3 is 2.95 bits per heavy atom. The maximum Gasteiger partial charge on any atom is 0.164 e. The van der Waals surface area contributed by atoms with Crippen LogP contribution in [0.1, 0.15) is 11.1 Å². The van der Waals surface area contributed by atoms with Crippen molar-refractivity contribution >= 4 is 11.8 Å². The van der Waals surface area contributed by atoms with Crippen molar-refractivity contribution in [3.63, 3.8) is 0 Å². The Kier molecular flexibility index (Phi) is 4.90. The van der Waals surface area contributed by atoms with Crippen LogP contribution >= 0.6 is 11.8 Å². The number of nitrogens with one attached hydrogen (secondary N) is 1. The summed E-state index contributed by atoms with van der Waals surface area (Å²) in [5.41, 5.74) is 2.52. The first-order valence-electron chi connectivity index (χ1n) is 7.45. The zero-order valence-electron chi connectivity index (χ0n) is 13.0. The van der Waals surface area contributed by atoms with Crippen LogP contribution in [0.5, 0.6) is 11.5 Å². The summed E-state index contributed by atoms with van der Waals surface area (Å²) in [6.07, 6.45) is 3.07. The van der Waals surface area contributed by atoms with Crippen molar-refractivity contribution in [3.05, 3.63) is 53.6 Å². The Morgan fingerprint density at radius 1 is 1.27 bits per heavy atom. The third kappa shape index (κ3) is 3.39. The van der Waals surface area contributed by atoms with Crippen LogP contribution < -0.4 is 14.8 Å². The molecule has 0 aromatic heterocycles. The molecule has 2 aromatic rings. The van der Waals surface area contributed by atoms with Gasteiger partial charge >= 0.3 is 0 Å². The number of ether oxygens (including phenoxy) is 2. The van der Waals surface area contributed by atoms with Crippen LogP contribution in [0.3, 0.4) is 0 Å². The summed E-state index contributed by atoms with van der Waals surface area (Å²) in [6, 6.07) is 15.1. The highest BCUT2D eigenvalue weighted by Crippen LogP contribution is 2.34. The number of methoxy groups -OCH3 is 1. The van der Waals surface area contributed by atoms with Crippen molar-refractivity contribution in [3.8, 4) is 11.5 Å². The van der Waals surface area contributed by atoms with Gasteiger partial charge in [-0.15, -0.1) is 11.8 Å². The molecule has 3 nitrogen and oxygen atoms in total. The Morgan fingerprint density at radius 2 is 2.14 bits per heavy atom. The van der Waals surface area contributed by atoms with E-state index in [9.17, 15) is 0 Å². The zero-order chi connectivity index (χ0) is 15.4. The first-order valence-corrected chi connectivity index (χ1v) is 8.67. The average molecular weight is 315 g/mol. The number of hydrogen-bond donors (Lipinski definition) is 1. The van der Waals surface area contributed by atoms with Crippen molar-refractivity contribution in [2.75, 3.05) is 20.0 Å². The van der Waals surface area contributed by atoms with Gasteiger partial charge in [-0.3, -0.25) is 0 Å². The summed E-state index contributed by atoms with van der Waals surface area (Å²) in [5, 5.41) is 3.59. The Hall–Kier alpha value is -1.65. The van der Waals surface area contributed by atoms with Gasteiger partial charge in [0.25, 0.3) is 0 Å². The first-order chi connectivity index (χ1) is 10.8. The molecule has 0 spiro atoms. The number of para-hydroxylation sites is 1. The normalized spacial score (nSPS) is 16.7. The highest BCUT2D eigenvalue weighted by atomic mass is 32.2. The van der Waals surface area contributed by atoms with Crippen molar-refractivity contribution in [2.45, 2.75) is 23.9 Å². The first kappa shape index (κ1) is 15.3. The maximum atomic E-state index is 5.90. The Balaban J connectivity index is 1.63. The topological polar surface area (TPSA) is 30.5 Å². The summed E-state index contributed by atoms with van der Waals surface area (Å²) in [6.45, 7) is 1.54. The van der Waals surface area contributed by atoms with Gasteiger partial charge in [0.05, 0.1) is 7.11 Å². The minimum Gasteiger partial charge on any atom is -0.493 e. The molecule has 0 saturated heterocycles. The molecule has 0 bridgehead atoms. The minimum atomic E-state index is 0.331. The van der Waals surface area contributed by atoms with E-state index in [1.165, 1.54) is 16.0 Å². The van der Waals surface area contributed by atoms with Gasteiger partial charge in [-0.1, -0.05) is 24.3 Å². The van der Waals surface area contributed by atoms with Gasteiger partial charge in [-0.2, -0.15) is 0 Å². The lowest BCUT2D eigenvalue weighted by Crippen LogP contribution is -2.38. The van der Waals surface area contributed by atoms with E-state index in [1.54, 1.807) is 18.9 Å². The summed E-state index contributed by atoms with van der Waals surface area (Å²) < 4.78 is 11.3. The smallest absolute Gasteiger partial charge is 0.164 e. The fourth-order valence-corrected chi connectivity index (χ4v) is 3.21. The molecular formula is C18H21NO2S. The molecule has 22 heavy (non-hydrogen) atoms. The molecule has 0 saturated carbocycles. The molecule has 1 unspecified atom stereocenters. The van der Waals surface area contributed by atoms with Gasteiger partial charge in [0.1, 0.15) is 6.61 Å². The summed E-state index contributed by atoms with van der Waals surface area (Å²) in [4.78, 5) is 1.30. The Labute approximate surface area is 136 Å². The molecule has 1 aliphatic heterocycles. The van der Waals surface area contributed by atoms with E-state index in [1.807, 2.05) is 12.1 Å². The van der Waals surface area contributed by atoms with Crippen molar-refractivity contribution in [1.82, 2.24) is 5.32 Å². The summed E-state index contributed by atoms with van der Waals surface area (Å²) in [7, 11) is 1.68. The summed E-state index contributed by atoms with van der Waals surface area (Å²) >= 11 is 1.77. The second kappa shape index (κ2) is 7.07. The van der Waals surface area contributed by atoms with Crippen LogP contribution in [0.2, 0.25) is 0 Å². The number of fused-ring (bicyclic) bond motifs is 1. The molecule has 4 heteroatoms. The van der Waals surface area contributed by atoms with Gasteiger partial charge in [-0.25, -0.2) is 0 Å². The van der Waals surface area contributed by atoms with Crippen LogP contribution in [-0.4, -0.2) is 26.0 Å². The quantitative estimate of drug-likeness (QED) is 0.855. The standard InChI is InChI=1S/C18H21NO2S/c1-20-17-8-4-6-14-10-15(12-21-18(14)17)19-11-13-5-3-7-16(9-13)22-2/h3-9,15,19H,10-12H2,1-2H3. The van der Waals surface area contributed by atoms with E-state index in [0.29, 0.717) is 12.6 Å². The van der Waals surface area contributed by atoms with Gasteiger partial charge in [0.2, 0.25) is 0 Å². The van der Waals surface area contributed by atoms with Gasteiger partial charge in [0, 0.05) is 17.5 Å². The average Bonchev–Trinajstić information content (AvgIpc) is 2.59. The number of thioether (sulfide) groups is 1. The molecule has 1 heterocycles. The minimum absolute atomic E-state index is 0.331. The fourth-order valence-electron chi connectivity index (χ4n) is 2.73. The predicted octanol–water partition coefficient (Wildman–Crippen LogP) is 3.51. The van der Waals surface area contributed by atoms with Crippen molar-refractivity contribution in [2.24, 2.45) is 0 Å². The molecule has 3 rings (SSSR count). The number of hydrogen-bond acceptors (Lipinski definition) is 4. The van der Waals surface area contributed by atoms with Crippen molar-refractivity contribution < 1.29 is 9.47 Å². The van der Waals surface area contributed by atoms with E-state index in [2.05, 4.69) is 41.9 Å². The monoisotopic (exact) mass is 315 g/mol. The molecule has 1 aliphatic rings. The van der Waals surface area contributed by atoms with E-state index in [4.69, 9.17) is 9.47 Å². The molecule has 1 atom stereocenters. The highest BCUT2D eigenvalue weighted by Gasteiger charge is 2.22. The molecule has 0 amide bonds. The van der Waals surface area contributed by atoms with E-state index in [0.717, 1.165) is 24.5 Å². The zero-order valence-corrected chi connectivity index (χ0v) is 13.8. The number of rotatable bonds is 5. The lowest BCUT2D eigenvalue weighted by atomic mass is 10.0. The third-order valence-corrected chi connectivity index (χ3v) is 4.63. The lowest BCUT2D eigenvalue weighted by molar-refractivity contribution is 0.226. The van der Waals surface area contributed by atoms with Crippen LogP contribution in [0.4, 0.5) is 0 Å². The molecule has 0 aliphatic carbocycles. The molecule has 2 aromatic carbocycles. The van der Waals surface area contributed by atoms with Crippen LogP contribution in [-0.2, 0) is 13.0 Å². The van der Waals surface area contributed by atoms with E-state index in [-0.39, 0.29) is 0 Å². The maximum absolute atomic E-state index is 5.90. The van der Waals surface area contributed by atoms with Crippen molar-refractivity contribution in [1.29, 1.82) is 0 Å². The van der Waals surface area contributed by atoms with Crippen LogP contribution in [0.25, 0.3) is 0 Å². The SMILES string of the molecule is COc1cccc2c1OCC(NCc1cccc(SC)c1)C2. The van der Waals surface area contributed by atoms with E-state index >= 15 is 0 Å². The second-order valence-electron chi connectivity index (χ2n) is 5.39. The van der Waals surface area contributed by atoms with Gasteiger partial charge < -0.3 is 14.8 Å². The second-order valence-corrected chi connectivity index (χ2v) is 6.27. The number of benzene rings is 2. The van der Waals surface area contributed by atoms with Gasteiger partial charge in [-0.05, 0) is 42.0 Å². The lowest BCUT2D eigenvalue weighted by Gasteiger charge is -2.27. The Bertz CT molecular complexity index is 645.